The Morgan fingerprint density at radius 1 is 1.06 bits per heavy atom. The molecule has 0 aliphatic heterocycles. The number of ether oxygens (including phenoxy) is 2. The van der Waals surface area contributed by atoms with Crippen molar-refractivity contribution in [2.75, 3.05) is 0 Å². The summed E-state index contributed by atoms with van der Waals surface area (Å²) >= 11 is 0. The van der Waals surface area contributed by atoms with Crippen LogP contribution < -0.4 is 0 Å². The molecule has 1 spiro atoms. The summed E-state index contributed by atoms with van der Waals surface area (Å²) in [4.78, 5) is 51.2. The molecule has 0 amide bonds. The number of hydrogen-bond acceptors (Lipinski definition) is 8. The molecule has 3 saturated carbocycles. The molecule has 0 aromatic heterocycles. The second-order valence-corrected chi connectivity index (χ2v) is 11.3. The predicted octanol–water partition coefficient (Wildman–Crippen LogP) is 1.11. The summed E-state index contributed by atoms with van der Waals surface area (Å²) in [5.41, 5.74) is -4.27. The fourth-order valence-electron chi connectivity index (χ4n) is 8.16. The van der Waals surface area contributed by atoms with Crippen LogP contribution in [0.2, 0.25) is 0 Å². The molecule has 0 bridgehead atoms. The highest BCUT2D eigenvalue weighted by molar-refractivity contribution is 6.08. The summed E-state index contributed by atoms with van der Waals surface area (Å²) in [5.74, 6) is -3.14. The molecule has 9 atom stereocenters. The van der Waals surface area contributed by atoms with Gasteiger partial charge in [-0.15, -0.1) is 0 Å². The maximum atomic E-state index is 13.9. The molecule has 0 saturated heterocycles. The van der Waals surface area contributed by atoms with Crippen molar-refractivity contribution in [2.24, 2.45) is 34.0 Å². The standard InChI is InChI=1S/C24H30O8/c1-9-8-23(9)19(29)14-15(28)16(31-10(2)25)18-21(4,5)13(27)7-12-22(18,6)17(14)24(12,30)20(23)32-11(3)26/h9,12,15-16,18,20,28,30H,7-8H2,1-6H3/t9-,12?,15-,16+,18-,20+,22+,23+,24+/m0/s1. The number of esters is 2. The van der Waals surface area contributed by atoms with E-state index in [1.807, 2.05) is 13.8 Å². The smallest absolute Gasteiger partial charge is 0.303 e. The van der Waals surface area contributed by atoms with Crippen LogP contribution in [0.1, 0.15) is 54.4 Å². The van der Waals surface area contributed by atoms with Crippen molar-refractivity contribution in [3.05, 3.63) is 11.1 Å². The number of carbonyl (C=O) groups excluding carboxylic acids is 4. The highest BCUT2D eigenvalue weighted by atomic mass is 16.6. The van der Waals surface area contributed by atoms with E-state index in [4.69, 9.17) is 9.47 Å². The second-order valence-electron chi connectivity index (χ2n) is 11.3. The van der Waals surface area contributed by atoms with E-state index in [1.165, 1.54) is 13.8 Å². The van der Waals surface area contributed by atoms with Gasteiger partial charge in [0, 0.05) is 48.5 Å². The number of Topliss-reactive ketones (excluding diaryl/α,β-unsaturated/α-hetero) is 2. The number of hydrogen-bond donors (Lipinski definition) is 2. The SMILES string of the molecule is CC(=O)O[C@@H]1[C@@H](O)C2=C3[C@@]4(C)C(CC(=O)C(C)(C)[C@H]14)[C@]3(O)[C@H](OC(C)=O)[C@@]1(C[C@@H]1C)C2=O. The first-order chi connectivity index (χ1) is 14.7. The molecule has 174 valence electrons. The lowest BCUT2D eigenvalue weighted by atomic mass is 9.30. The van der Waals surface area contributed by atoms with Gasteiger partial charge in [-0.2, -0.15) is 0 Å². The number of carbonyl (C=O) groups is 4. The Labute approximate surface area is 186 Å². The molecule has 0 aromatic rings. The maximum Gasteiger partial charge on any atom is 0.303 e. The summed E-state index contributed by atoms with van der Waals surface area (Å²) < 4.78 is 11.2. The monoisotopic (exact) mass is 446 g/mol. The molecule has 32 heavy (non-hydrogen) atoms. The van der Waals surface area contributed by atoms with Gasteiger partial charge in [0.2, 0.25) is 0 Å². The van der Waals surface area contributed by atoms with Crippen molar-refractivity contribution >= 4 is 23.5 Å². The van der Waals surface area contributed by atoms with Gasteiger partial charge >= 0.3 is 11.9 Å². The highest BCUT2D eigenvalue weighted by Crippen LogP contribution is 2.79. The van der Waals surface area contributed by atoms with Crippen molar-refractivity contribution in [2.45, 2.75) is 78.3 Å². The van der Waals surface area contributed by atoms with Gasteiger partial charge < -0.3 is 19.7 Å². The van der Waals surface area contributed by atoms with Gasteiger partial charge in [0.15, 0.2) is 5.78 Å². The zero-order valence-corrected chi connectivity index (χ0v) is 19.2. The van der Waals surface area contributed by atoms with Crippen LogP contribution >= 0.6 is 0 Å². The molecule has 0 radical (unpaired) electrons. The van der Waals surface area contributed by atoms with E-state index >= 15 is 0 Å². The zero-order chi connectivity index (χ0) is 23.8. The number of ketones is 2. The van der Waals surface area contributed by atoms with Gasteiger partial charge in [-0.25, -0.2) is 0 Å². The number of fused-ring (bicyclic) bond motifs is 1. The van der Waals surface area contributed by atoms with Crippen molar-refractivity contribution in [3.8, 4) is 0 Å². The third-order valence-corrected chi connectivity index (χ3v) is 9.41. The lowest BCUT2D eigenvalue weighted by Gasteiger charge is -2.74. The Bertz CT molecular complexity index is 1030. The van der Waals surface area contributed by atoms with Crippen LogP contribution in [0, 0.1) is 34.0 Å². The zero-order valence-electron chi connectivity index (χ0n) is 19.2. The fraction of sp³-hybridized carbons (Fsp3) is 0.750. The maximum absolute atomic E-state index is 13.9. The Kier molecular flexibility index (Phi) is 4.01. The highest BCUT2D eigenvalue weighted by Gasteiger charge is 2.86. The second kappa shape index (κ2) is 5.89. The van der Waals surface area contributed by atoms with Gasteiger partial charge in [0.25, 0.3) is 0 Å². The summed E-state index contributed by atoms with van der Waals surface area (Å²) in [6.45, 7) is 9.70. The lowest BCUT2D eigenvalue weighted by Crippen LogP contribution is -2.82. The molecular formula is C24H30O8. The molecule has 0 aromatic carbocycles. The van der Waals surface area contributed by atoms with E-state index in [1.54, 1.807) is 13.8 Å². The molecule has 0 heterocycles. The summed E-state index contributed by atoms with van der Waals surface area (Å²) in [7, 11) is 0. The summed E-state index contributed by atoms with van der Waals surface area (Å²) in [5, 5.41) is 23.6. The first-order valence-electron chi connectivity index (χ1n) is 11.3. The van der Waals surface area contributed by atoms with Crippen LogP contribution in [0.25, 0.3) is 0 Å². The van der Waals surface area contributed by atoms with Gasteiger partial charge in [-0.1, -0.05) is 27.7 Å². The van der Waals surface area contributed by atoms with E-state index in [-0.39, 0.29) is 29.5 Å². The average Bonchev–Trinajstić information content (AvgIpc) is 3.34. The fourth-order valence-corrected chi connectivity index (χ4v) is 8.16. The van der Waals surface area contributed by atoms with Crippen molar-refractivity contribution in [3.63, 3.8) is 0 Å². The quantitative estimate of drug-likeness (QED) is 0.604. The van der Waals surface area contributed by atoms with Crippen molar-refractivity contribution in [1.82, 2.24) is 0 Å². The predicted molar refractivity (Wildman–Crippen MR) is 109 cm³/mol. The van der Waals surface area contributed by atoms with E-state index in [0.29, 0.717) is 12.0 Å². The first kappa shape index (κ1) is 21.8. The van der Waals surface area contributed by atoms with E-state index < -0.39 is 63.9 Å². The van der Waals surface area contributed by atoms with Crippen LogP contribution in [-0.2, 0) is 28.7 Å². The van der Waals surface area contributed by atoms with Crippen LogP contribution in [0.5, 0.6) is 0 Å². The first-order valence-corrected chi connectivity index (χ1v) is 11.3. The molecule has 5 aliphatic carbocycles. The van der Waals surface area contributed by atoms with Crippen LogP contribution in [0.3, 0.4) is 0 Å². The third-order valence-electron chi connectivity index (χ3n) is 9.41. The Morgan fingerprint density at radius 3 is 2.12 bits per heavy atom. The van der Waals surface area contributed by atoms with E-state index in [0.717, 1.165) is 0 Å². The van der Waals surface area contributed by atoms with Gasteiger partial charge in [-0.05, 0) is 17.9 Å². The van der Waals surface area contributed by atoms with Crippen molar-refractivity contribution in [1.29, 1.82) is 0 Å². The van der Waals surface area contributed by atoms with Gasteiger partial charge in [-0.3, -0.25) is 19.2 Å². The third kappa shape index (κ3) is 2.07. The molecule has 8 nitrogen and oxygen atoms in total. The normalized spacial score (nSPS) is 49.9. The summed E-state index contributed by atoms with van der Waals surface area (Å²) in [6, 6.07) is 0. The number of rotatable bonds is 2. The summed E-state index contributed by atoms with van der Waals surface area (Å²) in [6.07, 6.45) is -3.23. The van der Waals surface area contributed by atoms with Crippen LogP contribution in [-0.4, -0.2) is 57.6 Å². The number of aliphatic hydroxyl groups is 2. The molecule has 3 fully saturated rings. The van der Waals surface area contributed by atoms with Gasteiger partial charge in [0.05, 0.1) is 5.41 Å². The van der Waals surface area contributed by atoms with E-state index in [2.05, 4.69) is 0 Å². The Hall–Kier alpha value is -2.06. The molecule has 2 N–H and O–H groups in total. The molecule has 5 aliphatic rings. The van der Waals surface area contributed by atoms with E-state index in [9.17, 15) is 29.4 Å². The van der Waals surface area contributed by atoms with Crippen LogP contribution in [0.4, 0.5) is 0 Å². The minimum atomic E-state index is -1.72. The number of aliphatic hydroxyl groups excluding tert-OH is 1. The Balaban J connectivity index is 1.80. The minimum Gasteiger partial charge on any atom is -0.459 e. The largest absolute Gasteiger partial charge is 0.459 e. The molecule has 1 unspecified atom stereocenters. The van der Waals surface area contributed by atoms with Crippen molar-refractivity contribution < 1.29 is 38.9 Å². The topological polar surface area (TPSA) is 127 Å². The molecule has 5 rings (SSSR count). The van der Waals surface area contributed by atoms with Crippen LogP contribution in [0.15, 0.2) is 11.1 Å². The molecule has 8 heteroatoms. The minimum absolute atomic E-state index is 0.0482. The lowest BCUT2D eigenvalue weighted by molar-refractivity contribution is -0.271. The Morgan fingerprint density at radius 2 is 1.62 bits per heavy atom. The molecular weight excluding hydrogens is 416 g/mol. The van der Waals surface area contributed by atoms with Gasteiger partial charge in [0.1, 0.15) is 29.7 Å². The average molecular weight is 446 g/mol.